The Kier molecular flexibility index (Phi) is 3.14. The quantitative estimate of drug-likeness (QED) is 0.770. The first kappa shape index (κ1) is 12.0. The second-order valence-corrected chi connectivity index (χ2v) is 5.24. The molecule has 0 N–H and O–H groups in total. The van der Waals surface area contributed by atoms with Crippen molar-refractivity contribution in [2.45, 2.75) is 46.5 Å². The van der Waals surface area contributed by atoms with Crippen LogP contribution in [-0.2, 0) is 0 Å². The Morgan fingerprint density at radius 1 is 1.06 bits per heavy atom. The number of aryl methyl sites for hydroxylation is 1. The van der Waals surface area contributed by atoms with Crippen molar-refractivity contribution in [1.82, 2.24) is 9.97 Å². The molecule has 2 heteroatoms. The van der Waals surface area contributed by atoms with Gasteiger partial charge in [0.2, 0.25) is 0 Å². The maximum atomic E-state index is 4.83. The van der Waals surface area contributed by atoms with E-state index in [-0.39, 0.29) is 0 Å². The van der Waals surface area contributed by atoms with Crippen molar-refractivity contribution in [1.29, 1.82) is 0 Å². The monoisotopic (exact) mass is 228 g/mol. The Morgan fingerprint density at radius 2 is 1.76 bits per heavy atom. The third-order valence-corrected chi connectivity index (χ3v) is 3.15. The van der Waals surface area contributed by atoms with Gasteiger partial charge in [0.15, 0.2) is 0 Å². The standard InChI is InChI=1S/C15H20N2/c1-9(2)13-8-12-6-7-16-11(5)15(12)17-14(13)10(3)4/h6-10H,1-5H3. The molecule has 0 radical (unpaired) electrons. The maximum Gasteiger partial charge on any atom is 0.0917 e. The highest BCUT2D eigenvalue weighted by Gasteiger charge is 2.13. The van der Waals surface area contributed by atoms with Crippen LogP contribution in [0.4, 0.5) is 0 Å². The molecule has 0 aromatic carbocycles. The molecule has 2 aromatic rings. The van der Waals surface area contributed by atoms with E-state index in [0.29, 0.717) is 11.8 Å². The van der Waals surface area contributed by atoms with Crippen LogP contribution < -0.4 is 0 Å². The van der Waals surface area contributed by atoms with E-state index in [4.69, 9.17) is 4.98 Å². The minimum Gasteiger partial charge on any atom is -0.259 e. The average Bonchev–Trinajstić information content (AvgIpc) is 2.27. The number of hydrogen-bond acceptors (Lipinski definition) is 2. The fourth-order valence-electron chi connectivity index (χ4n) is 2.19. The zero-order valence-corrected chi connectivity index (χ0v) is 11.3. The highest BCUT2D eigenvalue weighted by atomic mass is 14.8. The predicted octanol–water partition coefficient (Wildman–Crippen LogP) is 4.19. The van der Waals surface area contributed by atoms with Gasteiger partial charge in [-0.2, -0.15) is 0 Å². The third kappa shape index (κ3) is 2.17. The van der Waals surface area contributed by atoms with Gasteiger partial charge in [0.05, 0.1) is 11.2 Å². The van der Waals surface area contributed by atoms with Gasteiger partial charge in [0.25, 0.3) is 0 Å². The first-order chi connectivity index (χ1) is 8.00. The normalized spacial score (nSPS) is 11.7. The van der Waals surface area contributed by atoms with E-state index in [1.165, 1.54) is 16.6 Å². The largest absolute Gasteiger partial charge is 0.259 e. The first-order valence-corrected chi connectivity index (χ1v) is 6.27. The third-order valence-electron chi connectivity index (χ3n) is 3.15. The molecule has 2 aromatic heterocycles. The van der Waals surface area contributed by atoms with E-state index in [1.54, 1.807) is 0 Å². The number of pyridine rings is 2. The van der Waals surface area contributed by atoms with E-state index in [0.717, 1.165) is 11.2 Å². The van der Waals surface area contributed by atoms with E-state index >= 15 is 0 Å². The van der Waals surface area contributed by atoms with Gasteiger partial charge in [0.1, 0.15) is 0 Å². The van der Waals surface area contributed by atoms with Crippen LogP contribution in [0.2, 0.25) is 0 Å². The molecule has 0 aliphatic heterocycles. The Balaban J connectivity index is 2.77. The smallest absolute Gasteiger partial charge is 0.0917 e. The number of hydrogen-bond donors (Lipinski definition) is 0. The van der Waals surface area contributed by atoms with Gasteiger partial charge in [-0.15, -0.1) is 0 Å². The molecule has 0 saturated heterocycles. The minimum atomic E-state index is 0.455. The summed E-state index contributed by atoms with van der Waals surface area (Å²) in [6.45, 7) is 10.9. The van der Waals surface area contributed by atoms with Gasteiger partial charge in [-0.1, -0.05) is 27.7 Å². The van der Waals surface area contributed by atoms with Gasteiger partial charge in [0, 0.05) is 17.3 Å². The molecule has 0 bridgehead atoms. The van der Waals surface area contributed by atoms with Crippen LogP contribution in [-0.4, -0.2) is 9.97 Å². The summed E-state index contributed by atoms with van der Waals surface area (Å²) in [6.07, 6.45) is 1.86. The van der Waals surface area contributed by atoms with E-state index < -0.39 is 0 Å². The molecule has 2 heterocycles. The van der Waals surface area contributed by atoms with Crippen LogP contribution in [0.25, 0.3) is 10.9 Å². The fourth-order valence-corrected chi connectivity index (χ4v) is 2.19. The van der Waals surface area contributed by atoms with Crippen molar-refractivity contribution in [3.05, 3.63) is 35.3 Å². The zero-order valence-electron chi connectivity index (χ0n) is 11.3. The van der Waals surface area contributed by atoms with Crippen molar-refractivity contribution in [3.63, 3.8) is 0 Å². The number of nitrogens with zero attached hydrogens (tertiary/aromatic N) is 2. The van der Waals surface area contributed by atoms with Gasteiger partial charge < -0.3 is 0 Å². The Morgan fingerprint density at radius 3 is 2.35 bits per heavy atom. The summed E-state index contributed by atoms with van der Waals surface area (Å²) in [7, 11) is 0. The molecule has 0 aliphatic carbocycles. The summed E-state index contributed by atoms with van der Waals surface area (Å²) in [5.74, 6) is 0.967. The molecule has 2 nitrogen and oxygen atoms in total. The molecule has 0 saturated carbocycles. The van der Waals surface area contributed by atoms with Gasteiger partial charge >= 0.3 is 0 Å². The average molecular weight is 228 g/mol. The lowest BCUT2D eigenvalue weighted by Gasteiger charge is -2.16. The lowest BCUT2D eigenvalue weighted by Crippen LogP contribution is -2.03. The topological polar surface area (TPSA) is 25.8 Å². The van der Waals surface area contributed by atoms with E-state index in [9.17, 15) is 0 Å². The minimum absolute atomic E-state index is 0.455. The molecule has 0 amide bonds. The maximum absolute atomic E-state index is 4.83. The number of fused-ring (bicyclic) bond motifs is 1. The van der Waals surface area contributed by atoms with Crippen LogP contribution in [0.3, 0.4) is 0 Å². The molecule has 0 fully saturated rings. The van der Waals surface area contributed by atoms with Crippen LogP contribution >= 0.6 is 0 Å². The van der Waals surface area contributed by atoms with Crippen LogP contribution in [0.5, 0.6) is 0 Å². The van der Waals surface area contributed by atoms with Gasteiger partial charge in [-0.05, 0) is 36.5 Å². The highest BCUT2D eigenvalue weighted by molar-refractivity contribution is 5.81. The fraction of sp³-hybridized carbons (Fsp3) is 0.467. The number of aromatic nitrogens is 2. The lowest BCUT2D eigenvalue weighted by molar-refractivity contribution is 0.763. The van der Waals surface area contributed by atoms with Crippen LogP contribution in [0.15, 0.2) is 18.3 Å². The Bertz CT molecular complexity index is 542. The SMILES string of the molecule is Cc1nccc2cc(C(C)C)c(C(C)C)nc12. The number of rotatable bonds is 2. The molecule has 90 valence electrons. The molecule has 2 rings (SSSR count). The Labute approximate surface area is 103 Å². The summed E-state index contributed by atoms with van der Waals surface area (Å²) in [6, 6.07) is 4.32. The first-order valence-electron chi connectivity index (χ1n) is 6.27. The summed E-state index contributed by atoms with van der Waals surface area (Å²) >= 11 is 0. The molecule has 0 unspecified atom stereocenters. The molecule has 0 aliphatic rings. The van der Waals surface area contributed by atoms with Crippen molar-refractivity contribution in [2.75, 3.05) is 0 Å². The van der Waals surface area contributed by atoms with Crippen LogP contribution in [0.1, 0.15) is 56.5 Å². The Hall–Kier alpha value is -1.44. The summed E-state index contributed by atoms with van der Waals surface area (Å²) in [5, 5.41) is 1.20. The van der Waals surface area contributed by atoms with Crippen molar-refractivity contribution >= 4 is 10.9 Å². The summed E-state index contributed by atoms with van der Waals surface area (Å²) < 4.78 is 0. The predicted molar refractivity (Wildman–Crippen MR) is 72.5 cm³/mol. The van der Waals surface area contributed by atoms with Crippen molar-refractivity contribution in [2.24, 2.45) is 0 Å². The highest BCUT2D eigenvalue weighted by Crippen LogP contribution is 2.28. The summed E-state index contributed by atoms with van der Waals surface area (Å²) in [4.78, 5) is 9.15. The van der Waals surface area contributed by atoms with Crippen LogP contribution in [0, 0.1) is 6.92 Å². The summed E-state index contributed by atoms with van der Waals surface area (Å²) in [5.41, 5.74) is 4.63. The zero-order chi connectivity index (χ0) is 12.6. The van der Waals surface area contributed by atoms with Gasteiger partial charge in [-0.25, -0.2) is 0 Å². The van der Waals surface area contributed by atoms with Crippen molar-refractivity contribution in [3.8, 4) is 0 Å². The lowest BCUT2D eigenvalue weighted by atomic mass is 9.94. The molecule has 0 spiro atoms. The second-order valence-electron chi connectivity index (χ2n) is 5.24. The van der Waals surface area contributed by atoms with Gasteiger partial charge in [-0.3, -0.25) is 9.97 Å². The molecule has 17 heavy (non-hydrogen) atoms. The second kappa shape index (κ2) is 4.44. The van der Waals surface area contributed by atoms with E-state index in [1.807, 2.05) is 19.2 Å². The molecular weight excluding hydrogens is 208 g/mol. The molecular formula is C15H20N2. The van der Waals surface area contributed by atoms with Crippen molar-refractivity contribution < 1.29 is 0 Å². The molecule has 0 atom stereocenters. The van der Waals surface area contributed by atoms with E-state index in [2.05, 4.69) is 38.7 Å².